The number of aromatic nitrogens is 1. The number of benzene rings is 1. The van der Waals surface area contributed by atoms with Crippen LogP contribution in [0.1, 0.15) is 36.8 Å². The van der Waals surface area contributed by atoms with Crippen LogP contribution >= 0.6 is 0 Å². The van der Waals surface area contributed by atoms with Gasteiger partial charge in [-0.3, -0.25) is 0 Å². The zero-order valence-electron chi connectivity index (χ0n) is 10.9. The van der Waals surface area contributed by atoms with Crippen molar-refractivity contribution in [2.45, 2.75) is 45.1 Å². The maximum atomic E-state index is 10.1. The number of aromatic amines is 1. The van der Waals surface area contributed by atoms with Crippen LogP contribution in [0.3, 0.4) is 0 Å². The summed E-state index contributed by atoms with van der Waals surface area (Å²) in [5.41, 5.74) is 3.90. The van der Waals surface area contributed by atoms with Gasteiger partial charge in [-0.05, 0) is 43.2 Å². The summed E-state index contributed by atoms with van der Waals surface area (Å²) < 4.78 is 0. The third kappa shape index (κ3) is 2.05. The summed E-state index contributed by atoms with van der Waals surface area (Å²) >= 11 is 0. The molecule has 1 aliphatic rings. The molecule has 1 fully saturated rings. The largest absolute Gasteiger partial charge is 0.393 e. The highest BCUT2D eigenvalue weighted by atomic mass is 16.3. The molecule has 96 valence electrons. The molecule has 0 aliphatic heterocycles. The fourth-order valence-corrected chi connectivity index (χ4v) is 3.24. The smallest absolute Gasteiger partial charge is 0.0571 e. The lowest BCUT2D eigenvalue weighted by molar-refractivity contribution is 0.0702. The van der Waals surface area contributed by atoms with E-state index in [2.05, 4.69) is 36.3 Å². The molecule has 0 saturated heterocycles. The van der Waals surface area contributed by atoms with Gasteiger partial charge in [-0.2, -0.15) is 0 Å². The first kappa shape index (κ1) is 11.8. The van der Waals surface area contributed by atoms with E-state index in [0.29, 0.717) is 5.92 Å². The van der Waals surface area contributed by atoms with Crippen molar-refractivity contribution >= 4 is 10.9 Å². The number of aryl methyl sites for hydroxylation is 1. The van der Waals surface area contributed by atoms with E-state index in [0.717, 1.165) is 12.8 Å². The SMILES string of the molecule is Cc1cccc2c(CC3CCCCC3O)c[nH]c12. The first-order valence-electron chi connectivity index (χ1n) is 6.99. The summed E-state index contributed by atoms with van der Waals surface area (Å²) in [6, 6.07) is 6.44. The number of nitrogens with one attached hydrogen (secondary N) is 1. The number of aliphatic hydroxyl groups is 1. The molecule has 2 heteroatoms. The summed E-state index contributed by atoms with van der Waals surface area (Å²) in [6.07, 6.45) is 7.62. The molecule has 1 aromatic carbocycles. The van der Waals surface area contributed by atoms with Gasteiger partial charge in [-0.15, -0.1) is 0 Å². The van der Waals surface area contributed by atoms with E-state index in [9.17, 15) is 5.11 Å². The van der Waals surface area contributed by atoms with Gasteiger partial charge in [0.1, 0.15) is 0 Å². The van der Waals surface area contributed by atoms with Crippen LogP contribution < -0.4 is 0 Å². The molecule has 2 nitrogen and oxygen atoms in total. The zero-order valence-corrected chi connectivity index (χ0v) is 10.9. The minimum atomic E-state index is -0.103. The molecule has 2 unspecified atom stereocenters. The van der Waals surface area contributed by atoms with Gasteiger partial charge in [0.25, 0.3) is 0 Å². The maximum Gasteiger partial charge on any atom is 0.0571 e. The van der Waals surface area contributed by atoms with Crippen molar-refractivity contribution in [2.75, 3.05) is 0 Å². The van der Waals surface area contributed by atoms with Crippen LogP contribution in [0.2, 0.25) is 0 Å². The van der Waals surface area contributed by atoms with Gasteiger partial charge in [0.05, 0.1) is 6.10 Å². The highest BCUT2D eigenvalue weighted by Crippen LogP contribution is 2.30. The lowest BCUT2D eigenvalue weighted by Gasteiger charge is -2.27. The van der Waals surface area contributed by atoms with Crippen molar-refractivity contribution in [3.63, 3.8) is 0 Å². The minimum Gasteiger partial charge on any atom is -0.393 e. The van der Waals surface area contributed by atoms with E-state index in [4.69, 9.17) is 0 Å². The topological polar surface area (TPSA) is 36.0 Å². The molecule has 0 bridgehead atoms. The van der Waals surface area contributed by atoms with Crippen LogP contribution in [0.25, 0.3) is 10.9 Å². The molecule has 0 amide bonds. The Morgan fingerprint density at radius 3 is 2.94 bits per heavy atom. The van der Waals surface area contributed by atoms with Crippen molar-refractivity contribution in [1.82, 2.24) is 4.98 Å². The molecule has 1 heterocycles. The third-order valence-corrected chi connectivity index (χ3v) is 4.36. The Morgan fingerprint density at radius 2 is 2.11 bits per heavy atom. The van der Waals surface area contributed by atoms with Gasteiger partial charge in [-0.25, -0.2) is 0 Å². The number of rotatable bonds is 2. The molecule has 0 radical (unpaired) electrons. The van der Waals surface area contributed by atoms with Crippen LogP contribution in [0.4, 0.5) is 0 Å². The van der Waals surface area contributed by atoms with Gasteiger partial charge in [0, 0.05) is 17.1 Å². The second-order valence-electron chi connectivity index (χ2n) is 5.63. The molecular formula is C16H21NO. The van der Waals surface area contributed by atoms with Crippen LogP contribution in [-0.4, -0.2) is 16.2 Å². The van der Waals surface area contributed by atoms with Crippen molar-refractivity contribution < 1.29 is 5.11 Å². The molecule has 1 aromatic heterocycles. The summed E-state index contributed by atoms with van der Waals surface area (Å²) in [6.45, 7) is 2.14. The van der Waals surface area contributed by atoms with Gasteiger partial charge in [0.2, 0.25) is 0 Å². The van der Waals surface area contributed by atoms with Crippen LogP contribution in [0.5, 0.6) is 0 Å². The van der Waals surface area contributed by atoms with Gasteiger partial charge < -0.3 is 10.1 Å². The molecular weight excluding hydrogens is 222 g/mol. The molecule has 2 N–H and O–H groups in total. The minimum absolute atomic E-state index is 0.103. The average Bonchev–Trinajstić information content (AvgIpc) is 2.77. The van der Waals surface area contributed by atoms with Crippen LogP contribution in [-0.2, 0) is 6.42 Å². The van der Waals surface area contributed by atoms with Crippen LogP contribution in [0, 0.1) is 12.8 Å². The monoisotopic (exact) mass is 243 g/mol. The van der Waals surface area contributed by atoms with Crippen molar-refractivity contribution in [3.05, 3.63) is 35.5 Å². The molecule has 1 aliphatic carbocycles. The Bertz CT molecular complexity index is 543. The van der Waals surface area contributed by atoms with Gasteiger partial charge >= 0.3 is 0 Å². The lowest BCUT2D eigenvalue weighted by atomic mass is 9.82. The number of aliphatic hydroxyl groups excluding tert-OH is 1. The van der Waals surface area contributed by atoms with Crippen LogP contribution in [0.15, 0.2) is 24.4 Å². The summed E-state index contributed by atoms with van der Waals surface area (Å²) in [7, 11) is 0. The Hall–Kier alpha value is -1.28. The number of hydrogen-bond acceptors (Lipinski definition) is 1. The van der Waals surface area contributed by atoms with E-state index < -0.39 is 0 Å². The first-order valence-corrected chi connectivity index (χ1v) is 6.99. The van der Waals surface area contributed by atoms with E-state index in [-0.39, 0.29) is 6.10 Å². The average molecular weight is 243 g/mol. The summed E-state index contributed by atoms with van der Waals surface area (Å²) in [5.74, 6) is 0.443. The fraction of sp³-hybridized carbons (Fsp3) is 0.500. The van der Waals surface area contributed by atoms with E-state index in [1.165, 1.54) is 41.3 Å². The van der Waals surface area contributed by atoms with E-state index in [1.54, 1.807) is 0 Å². The second-order valence-corrected chi connectivity index (χ2v) is 5.63. The standard InChI is InChI=1S/C16H21NO/c1-11-5-4-7-14-13(10-17-16(11)14)9-12-6-2-3-8-15(12)18/h4-5,7,10,12,15,17-18H,2-3,6,8-9H2,1H3. The fourth-order valence-electron chi connectivity index (χ4n) is 3.24. The van der Waals surface area contributed by atoms with Gasteiger partial charge in [-0.1, -0.05) is 31.0 Å². The van der Waals surface area contributed by atoms with E-state index in [1.807, 2.05) is 0 Å². The molecule has 1 saturated carbocycles. The Kier molecular flexibility index (Phi) is 3.13. The molecule has 18 heavy (non-hydrogen) atoms. The van der Waals surface area contributed by atoms with E-state index >= 15 is 0 Å². The van der Waals surface area contributed by atoms with Gasteiger partial charge in [0.15, 0.2) is 0 Å². The molecule has 3 rings (SSSR count). The number of para-hydroxylation sites is 1. The predicted molar refractivity (Wildman–Crippen MR) is 74.7 cm³/mol. The van der Waals surface area contributed by atoms with Crippen molar-refractivity contribution in [1.29, 1.82) is 0 Å². The van der Waals surface area contributed by atoms with Crippen molar-refractivity contribution in [3.8, 4) is 0 Å². The molecule has 2 atom stereocenters. The number of fused-ring (bicyclic) bond motifs is 1. The lowest BCUT2D eigenvalue weighted by Crippen LogP contribution is -2.26. The third-order valence-electron chi connectivity index (χ3n) is 4.36. The Morgan fingerprint density at radius 1 is 1.28 bits per heavy atom. The maximum absolute atomic E-state index is 10.1. The number of hydrogen-bond donors (Lipinski definition) is 2. The Balaban J connectivity index is 1.88. The predicted octanol–water partition coefficient (Wildman–Crippen LogP) is 3.57. The highest BCUT2D eigenvalue weighted by Gasteiger charge is 2.24. The first-order chi connectivity index (χ1) is 8.75. The highest BCUT2D eigenvalue weighted by molar-refractivity contribution is 5.85. The summed E-state index contributed by atoms with van der Waals surface area (Å²) in [4.78, 5) is 3.38. The zero-order chi connectivity index (χ0) is 12.5. The normalized spacial score (nSPS) is 24.6. The Labute approximate surface area is 108 Å². The summed E-state index contributed by atoms with van der Waals surface area (Å²) in [5, 5.41) is 11.4. The molecule has 0 spiro atoms. The second kappa shape index (κ2) is 4.77. The number of H-pyrrole nitrogens is 1. The molecule has 2 aromatic rings. The quantitative estimate of drug-likeness (QED) is 0.831. The van der Waals surface area contributed by atoms with Crippen molar-refractivity contribution in [2.24, 2.45) is 5.92 Å².